The lowest BCUT2D eigenvalue weighted by molar-refractivity contribution is 0.0534. The highest BCUT2D eigenvalue weighted by Crippen LogP contribution is 2.23. The van der Waals surface area contributed by atoms with Gasteiger partial charge in [0.25, 0.3) is 5.91 Å². The van der Waals surface area contributed by atoms with Gasteiger partial charge in [-0.2, -0.15) is 13.9 Å². The number of hydrogen-bond acceptors (Lipinski definition) is 3. The predicted molar refractivity (Wildman–Crippen MR) is 91.1 cm³/mol. The van der Waals surface area contributed by atoms with Crippen molar-refractivity contribution in [2.45, 2.75) is 13.1 Å². The van der Waals surface area contributed by atoms with E-state index in [1.807, 2.05) is 6.07 Å². The van der Waals surface area contributed by atoms with Crippen molar-refractivity contribution in [1.82, 2.24) is 19.6 Å². The molecule has 2 heterocycles. The second-order valence-corrected chi connectivity index (χ2v) is 6.61. The molecule has 25 heavy (non-hydrogen) atoms. The summed E-state index contributed by atoms with van der Waals surface area (Å²) in [6.07, 6.45) is 1.11. The first-order valence-corrected chi connectivity index (χ1v) is 8.48. The molecule has 1 aliphatic heterocycles. The Labute approximate surface area is 153 Å². The van der Waals surface area contributed by atoms with Crippen LogP contribution in [-0.2, 0) is 6.54 Å². The van der Waals surface area contributed by atoms with Crippen LogP contribution in [0.1, 0.15) is 22.6 Å². The van der Waals surface area contributed by atoms with Crippen molar-refractivity contribution in [3.05, 3.63) is 51.8 Å². The molecule has 0 unspecified atom stereocenters. The lowest BCUT2D eigenvalue weighted by Crippen LogP contribution is -2.48. The number of halogens is 4. The maximum atomic E-state index is 12.6. The average molecular weight is 389 g/mol. The number of carbonyl (C=O) groups excluding carboxylic acids is 1. The summed E-state index contributed by atoms with van der Waals surface area (Å²) >= 11 is 12.1. The highest BCUT2D eigenvalue weighted by molar-refractivity contribution is 6.35. The summed E-state index contributed by atoms with van der Waals surface area (Å²) in [7, 11) is 0. The van der Waals surface area contributed by atoms with Gasteiger partial charge in [-0.05, 0) is 23.8 Å². The smallest absolute Gasteiger partial charge is 0.333 e. The van der Waals surface area contributed by atoms with Crippen LogP contribution < -0.4 is 0 Å². The van der Waals surface area contributed by atoms with E-state index >= 15 is 0 Å². The molecule has 134 valence electrons. The molecule has 0 bridgehead atoms. The summed E-state index contributed by atoms with van der Waals surface area (Å²) in [5.74, 6) is -0.330. The van der Waals surface area contributed by atoms with Crippen LogP contribution in [0.3, 0.4) is 0 Å². The summed E-state index contributed by atoms with van der Waals surface area (Å²) in [5.41, 5.74) is 1.01. The highest BCUT2D eigenvalue weighted by atomic mass is 35.5. The van der Waals surface area contributed by atoms with Gasteiger partial charge < -0.3 is 4.90 Å². The largest absolute Gasteiger partial charge is 0.335 e. The van der Waals surface area contributed by atoms with Gasteiger partial charge in [-0.15, -0.1) is 0 Å². The Morgan fingerprint density at radius 1 is 1.16 bits per heavy atom. The number of piperazine rings is 1. The number of nitrogens with zero attached hydrogens (tertiary/aromatic N) is 4. The van der Waals surface area contributed by atoms with Crippen LogP contribution in [0.15, 0.2) is 30.5 Å². The van der Waals surface area contributed by atoms with Gasteiger partial charge in [0.15, 0.2) is 5.69 Å². The molecule has 3 rings (SSSR count). The minimum atomic E-state index is -2.75. The lowest BCUT2D eigenvalue weighted by atomic mass is 10.2. The molecule has 9 heteroatoms. The van der Waals surface area contributed by atoms with Crippen LogP contribution in [0, 0.1) is 0 Å². The second-order valence-electron chi connectivity index (χ2n) is 5.76. The van der Waals surface area contributed by atoms with Crippen molar-refractivity contribution in [3.8, 4) is 0 Å². The van der Waals surface area contributed by atoms with E-state index in [9.17, 15) is 13.6 Å². The standard InChI is InChI=1S/C16H16Cl2F2N4O/c17-12-2-1-11(13(18)9-12)10-22-5-7-23(8-6-22)15(25)14-3-4-24(21-14)16(19)20/h1-4,9,16H,5-8,10H2. The van der Waals surface area contributed by atoms with E-state index in [1.165, 1.54) is 6.07 Å². The summed E-state index contributed by atoms with van der Waals surface area (Å²) in [6, 6.07) is 6.70. The average Bonchev–Trinajstić information content (AvgIpc) is 3.08. The van der Waals surface area contributed by atoms with E-state index in [4.69, 9.17) is 23.2 Å². The van der Waals surface area contributed by atoms with E-state index in [1.54, 1.807) is 17.0 Å². The molecule has 0 N–H and O–H groups in total. The number of alkyl halides is 2. The van der Waals surface area contributed by atoms with Crippen LogP contribution in [0.5, 0.6) is 0 Å². The van der Waals surface area contributed by atoms with Gasteiger partial charge in [0.1, 0.15) is 0 Å². The Hall–Kier alpha value is -1.70. The van der Waals surface area contributed by atoms with Crippen molar-refractivity contribution < 1.29 is 13.6 Å². The van der Waals surface area contributed by atoms with E-state index in [-0.39, 0.29) is 11.6 Å². The summed E-state index contributed by atoms with van der Waals surface area (Å²) in [4.78, 5) is 16.1. The fourth-order valence-corrected chi connectivity index (χ4v) is 3.19. The van der Waals surface area contributed by atoms with Crippen LogP contribution in [0.4, 0.5) is 8.78 Å². The Kier molecular flexibility index (Phi) is 5.56. The first kappa shape index (κ1) is 18.1. The zero-order valence-corrected chi connectivity index (χ0v) is 14.7. The molecule has 1 saturated heterocycles. The Balaban J connectivity index is 1.56. The first-order chi connectivity index (χ1) is 11.9. The molecule has 1 aromatic carbocycles. The van der Waals surface area contributed by atoms with Gasteiger partial charge in [-0.3, -0.25) is 9.69 Å². The third-order valence-electron chi connectivity index (χ3n) is 4.10. The first-order valence-electron chi connectivity index (χ1n) is 7.73. The Morgan fingerprint density at radius 3 is 2.48 bits per heavy atom. The quantitative estimate of drug-likeness (QED) is 0.804. The van der Waals surface area contributed by atoms with Crippen molar-refractivity contribution >= 4 is 29.1 Å². The lowest BCUT2D eigenvalue weighted by Gasteiger charge is -2.34. The van der Waals surface area contributed by atoms with Gasteiger partial charge >= 0.3 is 6.55 Å². The molecule has 0 radical (unpaired) electrons. The van der Waals surface area contributed by atoms with Gasteiger partial charge in [-0.1, -0.05) is 29.3 Å². The Morgan fingerprint density at radius 2 is 1.88 bits per heavy atom. The monoisotopic (exact) mass is 388 g/mol. The van der Waals surface area contributed by atoms with Gasteiger partial charge in [-0.25, -0.2) is 4.68 Å². The van der Waals surface area contributed by atoms with E-state index in [0.29, 0.717) is 47.5 Å². The molecule has 1 aliphatic rings. The fraction of sp³-hybridized carbons (Fsp3) is 0.375. The van der Waals surface area contributed by atoms with Crippen LogP contribution in [0.2, 0.25) is 10.0 Å². The SMILES string of the molecule is O=C(c1ccn(C(F)F)n1)N1CCN(Cc2ccc(Cl)cc2Cl)CC1. The summed E-state index contributed by atoms with van der Waals surface area (Å²) in [5, 5.41) is 4.83. The highest BCUT2D eigenvalue weighted by Gasteiger charge is 2.24. The summed E-state index contributed by atoms with van der Waals surface area (Å²) in [6.45, 7) is 0.262. The maximum Gasteiger partial charge on any atom is 0.333 e. The molecular formula is C16H16Cl2F2N4O. The van der Waals surface area contributed by atoms with Gasteiger partial charge in [0.2, 0.25) is 0 Å². The second kappa shape index (κ2) is 7.68. The third-order valence-corrected chi connectivity index (χ3v) is 4.68. The maximum absolute atomic E-state index is 12.6. The van der Waals surface area contributed by atoms with E-state index in [0.717, 1.165) is 11.8 Å². The number of hydrogen-bond donors (Lipinski definition) is 0. The molecule has 1 fully saturated rings. The van der Waals surface area contributed by atoms with Crippen molar-refractivity contribution in [3.63, 3.8) is 0 Å². The minimum absolute atomic E-state index is 0.0366. The number of benzene rings is 1. The number of amides is 1. The van der Waals surface area contributed by atoms with Crippen molar-refractivity contribution in [1.29, 1.82) is 0 Å². The molecule has 0 aliphatic carbocycles. The molecular weight excluding hydrogens is 373 g/mol. The van der Waals surface area contributed by atoms with Gasteiger partial charge in [0.05, 0.1) is 0 Å². The van der Waals surface area contributed by atoms with Crippen molar-refractivity contribution in [2.75, 3.05) is 26.2 Å². The molecule has 5 nitrogen and oxygen atoms in total. The zero-order chi connectivity index (χ0) is 18.0. The molecule has 1 amide bonds. The molecule has 2 aromatic rings. The third kappa shape index (κ3) is 4.29. The normalized spacial score (nSPS) is 15.8. The van der Waals surface area contributed by atoms with Crippen LogP contribution >= 0.6 is 23.2 Å². The minimum Gasteiger partial charge on any atom is -0.335 e. The van der Waals surface area contributed by atoms with Crippen molar-refractivity contribution in [2.24, 2.45) is 0 Å². The molecule has 1 aromatic heterocycles. The number of aromatic nitrogens is 2. The molecule has 0 saturated carbocycles. The van der Waals surface area contributed by atoms with E-state index < -0.39 is 6.55 Å². The molecule has 0 atom stereocenters. The number of carbonyl (C=O) groups is 1. The van der Waals surface area contributed by atoms with Crippen LogP contribution in [0.25, 0.3) is 0 Å². The number of rotatable bonds is 4. The van der Waals surface area contributed by atoms with Gasteiger partial charge in [0, 0.05) is 49.0 Å². The fourth-order valence-electron chi connectivity index (χ4n) is 2.72. The molecule has 0 spiro atoms. The van der Waals surface area contributed by atoms with Crippen LogP contribution in [-0.4, -0.2) is 51.7 Å². The van der Waals surface area contributed by atoms with E-state index in [2.05, 4.69) is 10.00 Å². The zero-order valence-electron chi connectivity index (χ0n) is 13.2. The topological polar surface area (TPSA) is 41.4 Å². The Bertz CT molecular complexity index is 760. The predicted octanol–water partition coefficient (Wildman–Crippen LogP) is 3.54. The summed E-state index contributed by atoms with van der Waals surface area (Å²) < 4.78 is 25.6.